The van der Waals surface area contributed by atoms with Gasteiger partial charge in [0, 0.05) is 5.38 Å². The lowest BCUT2D eigenvalue weighted by atomic mass is 9.97. The molecule has 3 N–H and O–H groups in total. The number of anilines is 1. The van der Waals surface area contributed by atoms with Gasteiger partial charge >= 0.3 is 16.3 Å². The van der Waals surface area contributed by atoms with Gasteiger partial charge in [0.1, 0.15) is 10.9 Å². The Bertz CT molecular complexity index is 1260. The summed E-state index contributed by atoms with van der Waals surface area (Å²) >= 11 is 1.42. The van der Waals surface area contributed by atoms with Gasteiger partial charge < -0.3 is 10.1 Å². The number of nitrogens with one attached hydrogen (secondary N) is 2. The number of carbonyl (C=O) groups excluding carboxylic acids is 2. The molecule has 0 saturated carbocycles. The fourth-order valence-corrected chi connectivity index (χ4v) is 4.97. The zero-order valence-electron chi connectivity index (χ0n) is 20.0. The zero-order chi connectivity index (χ0) is 26.1. The molecule has 0 fully saturated rings. The van der Waals surface area contributed by atoms with E-state index in [1.807, 2.05) is 47.4 Å². The molecule has 192 valence electrons. The van der Waals surface area contributed by atoms with Crippen LogP contribution in [0.4, 0.5) is 5.69 Å². The van der Waals surface area contributed by atoms with Crippen LogP contribution < -0.4 is 10.0 Å². The van der Waals surface area contributed by atoms with Crippen molar-refractivity contribution in [2.45, 2.75) is 39.2 Å². The molecule has 0 saturated heterocycles. The monoisotopic (exact) mass is 531 g/mol. The summed E-state index contributed by atoms with van der Waals surface area (Å²) in [6.07, 6.45) is 1.30. The second-order valence-corrected chi connectivity index (χ2v) is 10.1. The fourth-order valence-electron chi connectivity index (χ4n) is 3.59. The van der Waals surface area contributed by atoms with Crippen molar-refractivity contribution >= 4 is 39.2 Å². The predicted molar refractivity (Wildman–Crippen MR) is 138 cm³/mol. The minimum atomic E-state index is -4.38. The number of nitrogens with zero attached hydrogens (tertiary/aromatic N) is 1. The molecule has 3 rings (SSSR count). The maximum Gasteiger partial charge on any atom is 0.357 e. The summed E-state index contributed by atoms with van der Waals surface area (Å²) in [6.45, 7) is 3.85. The van der Waals surface area contributed by atoms with Gasteiger partial charge in [-0.2, -0.15) is 8.42 Å². The number of amides is 1. The van der Waals surface area contributed by atoms with Crippen LogP contribution in [0.15, 0.2) is 60.0 Å². The third-order valence-corrected chi connectivity index (χ3v) is 6.86. The van der Waals surface area contributed by atoms with Crippen LogP contribution in [0.3, 0.4) is 0 Å². The van der Waals surface area contributed by atoms with Crippen LogP contribution in [-0.2, 0) is 43.9 Å². The number of esters is 1. The van der Waals surface area contributed by atoms with E-state index >= 15 is 0 Å². The Morgan fingerprint density at radius 2 is 1.69 bits per heavy atom. The second-order valence-electron chi connectivity index (χ2n) is 8.06. The topological polar surface area (TPSA) is 135 Å². The third-order valence-electron chi connectivity index (χ3n) is 5.36. The quantitative estimate of drug-likeness (QED) is 0.184. The van der Waals surface area contributed by atoms with Gasteiger partial charge in [0.25, 0.3) is 0 Å². The first-order valence-corrected chi connectivity index (χ1v) is 13.8. The second kappa shape index (κ2) is 12.6. The molecule has 1 amide bonds. The number of ether oxygens (including phenoxy) is 1. The summed E-state index contributed by atoms with van der Waals surface area (Å²) in [4.78, 5) is 30.7. The van der Waals surface area contributed by atoms with E-state index in [1.54, 1.807) is 19.1 Å². The van der Waals surface area contributed by atoms with E-state index < -0.39 is 34.1 Å². The molecular weight excluding hydrogens is 502 g/mol. The van der Waals surface area contributed by atoms with Crippen LogP contribution in [0.1, 0.15) is 41.7 Å². The number of benzene rings is 2. The molecule has 1 aromatic heterocycles. The Morgan fingerprint density at radius 1 is 1.03 bits per heavy atom. The van der Waals surface area contributed by atoms with Crippen molar-refractivity contribution in [3.05, 3.63) is 81.8 Å². The van der Waals surface area contributed by atoms with Crippen molar-refractivity contribution in [3.63, 3.8) is 0 Å². The summed E-state index contributed by atoms with van der Waals surface area (Å²) < 4.78 is 38.3. The number of rotatable bonds is 12. The molecule has 0 unspecified atom stereocenters. The number of hydrogen-bond acceptors (Lipinski definition) is 7. The summed E-state index contributed by atoms with van der Waals surface area (Å²) in [5.74, 6) is -2.08. The van der Waals surface area contributed by atoms with Gasteiger partial charge in [0.2, 0.25) is 5.91 Å². The van der Waals surface area contributed by atoms with Gasteiger partial charge in [-0.15, -0.1) is 11.3 Å². The van der Waals surface area contributed by atoms with Crippen molar-refractivity contribution in [2.24, 2.45) is 5.92 Å². The van der Waals surface area contributed by atoms with Gasteiger partial charge in [-0.3, -0.25) is 18.9 Å². The first-order chi connectivity index (χ1) is 17.2. The van der Waals surface area contributed by atoms with Crippen LogP contribution in [0.2, 0.25) is 0 Å². The van der Waals surface area contributed by atoms with E-state index in [2.05, 4.69) is 10.3 Å². The largest absolute Gasteiger partial charge is 0.465 e. The molecule has 0 aliphatic heterocycles. The molecule has 0 aliphatic rings. The van der Waals surface area contributed by atoms with E-state index in [-0.39, 0.29) is 18.7 Å². The third kappa shape index (κ3) is 8.14. The highest BCUT2D eigenvalue weighted by atomic mass is 32.2. The Hall–Kier alpha value is -3.28. The lowest BCUT2D eigenvalue weighted by Gasteiger charge is -2.21. The van der Waals surface area contributed by atoms with Gasteiger partial charge in [0.15, 0.2) is 0 Å². The molecule has 1 heterocycles. The van der Waals surface area contributed by atoms with E-state index in [0.29, 0.717) is 11.4 Å². The first-order valence-electron chi connectivity index (χ1n) is 11.5. The minimum absolute atomic E-state index is 0.164. The van der Waals surface area contributed by atoms with Crippen LogP contribution in [0.5, 0.6) is 0 Å². The standard InChI is InChI=1S/C25H29N3O6S2/c1-3-19-16-35-24(26-19)22(15-18-10-12-20(13-11-18)28-36(31,32)33)27-23(29)21(25(30)34-4-2)14-17-8-6-5-7-9-17/h5-13,16,21-22,28H,3-4,14-15H2,1-2H3,(H,27,29)(H,31,32,33)/t21-,22-/m0/s1. The van der Waals surface area contributed by atoms with Gasteiger partial charge in [-0.1, -0.05) is 49.4 Å². The Labute approximate surface area is 214 Å². The SMILES string of the molecule is CCOC(=O)[C@@H](Cc1ccccc1)C(=O)N[C@@H](Cc1ccc(NS(=O)(=O)O)cc1)c1nc(CC)cs1. The Kier molecular flexibility index (Phi) is 9.57. The van der Waals surface area contributed by atoms with E-state index in [9.17, 15) is 18.0 Å². The van der Waals surface area contributed by atoms with Crippen molar-refractivity contribution in [1.29, 1.82) is 0 Å². The predicted octanol–water partition coefficient (Wildman–Crippen LogP) is 3.74. The molecule has 9 nitrogen and oxygen atoms in total. The van der Waals surface area contributed by atoms with Crippen LogP contribution >= 0.6 is 11.3 Å². The highest BCUT2D eigenvalue weighted by Crippen LogP contribution is 2.25. The van der Waals surface area contributed by atoms with Crippen LogP contribution in [-0.4, -0.2) is 36.4 Å². The van der Waals surface area contributed by atoms with Gasteiger partial charge in [0.05, 0.1) is 24.0 Å². The normalized spacial score (nSPS) is 13.0. The molecule has 2 aromatic carbocycles. The number of aryl methyl sites for hydroxylation is 1. The lowest BCUT2D eigenvalue weighted by Crippen LogP contribution is -2.40. The minimum Gasteiger partial charge on any atom is -0.465 e. The van der Waals surface area contributed by atoms with Crippen LogP contribution in [0.25, 0.3) is 0 Å². The van der Waals surface area contributed by atoms with E-state index in [0.717, 1.165) is 23.2 Å². The maximum atomic E-state index is 13.4. The van der Waals surface area contributed by atoms with Gasteiger partial charge in [-0.25, -0.2) is 4.98 Å². The molecule has 2 atom stereocenters. The fraction of sp³-hybridized carbons (Fsp3) is 0.320. The molecule has 0 bridgehead atoms. The number of hydrogen-bond donors (Lipinski definition) is 3. The first kappa shape index (κ1) is 27.3. The van der Waals surface area contributed by atoms with E-state index in [1.165, 1.54) is 23.5 Å². The van der Waals surface area contributed by atoms with Gasteiger partial charge in [-0.05, 0) is 49.4 Å². The Balaban J connectivity index is 1.84. The highest BCUT2D eigenvalue weighted by molar-refractivity contribution is 7.87. The summed E-state index contributed by atoms with van der Waals surface area (Å²) in [6, 6.07) is 15.2. The summed E-state index contributed by atoms with van der Waals surface area (Å²) in [7, 11) is -4.38. The average Bonchev–Trinajstić information content (AvgIpc) is 3.32. The van der Waals surface area contributed by atoms with Crippen molar-refractivity contribution < 1.29 is 27.3 Å². The smallest absolute Gasteiger partial charge is 0.357 e. The van der Waals surface area contributed by atoms with Crippen molar-refractivity contribution in [2.75, 3.05) is 11.3 Å². The molecule has 11 heteroatoms. The molecule has 36 heavy (non-hydrogen) atoms. The summed E-state index contributed by atoms with van der Waals surface area (Å²) in [5, 5.41) is 5.62. The molecule has 0 radical (unpaired) electrons. The van der Waals surface area contributed by atoms with Crippen molar-refractivity contribution in [3.8, 4) is 0 Å². The highest BCUT2D eigenvalue weighted by Gasteiger charge is 2.31. The average molecular weight is 532 g/mol. The number of carbonyl (C=O) groups is 2. The maximum absolute atomic E-state index is 13.4. The molecule has 3 aromatic rings. The number of thiazole rings is 1. The van der Waals surface area contributed by atoms with Crippen molar-refractivity contribution in [1.82, 2.24) is 10.3 Å². The molecule has 0 aliphatic carbocycles. The van der Waals surface area contributed by atoms with Crippen LogP contribution in [0, 0.1) is 5.92 Å². The zero-order valence-corrected chi connectivity index (χ0v) is 21.6. The lowest BCUT2D eigenvalue weighted by molar-refractivity contribution is -0.152. The van der Waals surface area contributed by atoms with E-state index in [4.69, 9.17) is 9.29 Å². The molecule has 0 spiro atoms. The summed E-state index contributed by atoms with van der Waals surface area (Å²) in [5.41, 5.74) is 2.74. The Morgan fingerprint density at radius 3 is 2.28 bits per heavy atom. The molecular formula is C25H29N3O6S2. The number of aromatic nitrogens is 1.